The van der Waals surface area contributed by atoms with Crippen LogP contribution in [-0.4, -0.2) is 0 Å². The van der Waals surface area contributed by atoms with Gasteiger partial charge in [0.2, 0.25) is 0 Å². The standard InChI is InChI=1S/C17H28F2/c1-13-5-9-15(10-6-13)16-11-7-14(8-12-16)3-2-4-17(18)19/h4,13-16H,2-3,5-12H2,1H3. The monoisotopic (exact) mass is 270 g/mol. The molecule has 0 saturated heterocycles. The minimum Gasteiger partial charge on any atom is -0.174 e. The summed E-state index contributed by atoms with van der Waals surface area (Å²) < 4.78 is 24.0. The second-order valence-corrected chi connectivity index (χ2v) is 6.87. The van der Waals surface area contributed by atoms with Gasteiger partial charge < -0.3 is 0 Å². The van der Waals surface area contributed by atoms with Crippen LogP contribution in [0.4, 0.5) is 8.78 Å². The molecule has 0 amide bonds. The molecular weight excluding hydrogens is 242 g/mol. The van der Waals surface area contributed by atoms with E-state index in [-0.39, 0.29) is 0 Å². The van der Waals surface area contributed by atoms with Gasteiger partial charge in [0.15, 0.2) is 0 Å². The predicted octanol–water partition coefficient (Wildman–Crippen LogP) is 6.18. The summed E-state index contributed by atoms with van der Waals surface area (Å²) in [5.74, 6) is 3.56. The van der Waals surface area contributed by atoms with Crippen LogP contribution in [-0.2, 0) is 0 Å². The zero-order valence-corrected chi connectivity index (χ0v) is 12.2. The highest BCUT2D eigenvalue weighted by molar-refractivity contribution is 4.84. The van der Waals surface area contributed by atoms with Gasteiger partial charge in [-0.25, -0.2) is 0 Å². The summed E-state index contributed by atoms with van der Waals surface area (Å²) in [5.41, 5.74) is 0. The zero-order chi connectivity index (χ0) is 13.7. The van der Waals surface area contributed by atoms with E-state index in [1.807, 2.05) is 0 Å². The predicted molar refractivity (Wildman–Crippen MR) is 76.1 cm³/mol. The van der Waals surface area contributed by atoms with E-state index in [2.05, 4.69) is 6.92 Å². The second-order valence-electron chi connectivity index (χ2n) is 6.87. The molecule has 0 radical (unpaired) electrons. The molecule has 2 heteroatoms. The second kappa shape index (κ2) is 7.40. The Morgan fingerprint density at radius 3 is 1.95 bits per heavy atom. The van der Waals surface area contributed by atoms with Crippen LogP contribution in [0.1, 0.15) is 71.1 Å². The van der Waals surface area contributed by atoms with Crippen molar-refractivity contribution in [1.29, 1.82) is 0 Å². The van der Waals surface area contributed by atoms with Crippen molar-refractivity contribution in [3.8, 4) is 0 Å². The summed E-state index contributed by atoms with van der Waals surface area (Å²) in [4.78, 5) is 0. The Morgan fingerprint density at radius 2 is 1.42 bits per heavy atom. The summed E-state index contributed by atoms with van der Waals surface area (Å²) in [6.45, 7) is 2.38. The van der Waals surface area contributed by atoms with Crippen molar-refractivity contribution in [2.75, 3.05) is 0 Å². The largest absolute Gasteiger partial charge is 0.266 e. The molecule has 0 atom stereocenters. The van der Waals surface area contributed by atoms with Gasteiger partial charge >= 0.3 is 0 Å². The van der Waals surface area contributed by atoms with Crippen molar-refractivity contribution in [2.24, 2.45) is 23.7 Å². The minimum atomic E-state index is -1.51. The van der Waals surface area contributed by atoms with Crippen molar-refractivity contribution in [1.82, 2.24) is 0 Å². The highest BCUT2D eigenvalue weighted by atomic mass is 19.3. The lowest BCUT2D eigenvalue weighted by atomic mass is 9.69. The summed E-state index contributed by atoms with van der Waals surface area (Å²) in [7, 11) is 0. The molecule has 0 unspecified atom stereocenters. The van der Waals surface area contributed by atoms with Crippen LogP contribution in [0, 0.1) is 23.7 Å². The summed E-state index contributed by atoms with van der Waals surface area (Å²) in [6, 6.07) is 0. The van der Waals surface area contributed by atoms with E-state index in [0.717, 1.165) is 30.3 Å². The molecule has 19 heavy (non-hydrogen) atoms. The molecule has 2 rings (SSSR count). The maximum atomic E-state index is 12.0. The van der Waals surface area contributed by atoms with Crippen molar-refractivity contribution < 1.29 is 8.78 Å². The van der Waals surface area contributed by atoms with E-state index in [0.29, 0.717) is 12.3 Å². The highest BCUT2D eigenvalue weighted by Gasteiger charge is 2.29. The van der Waals surface area contributed by atoms with Crippen molar-refractivity contribution >= 4 is 0 Å². The SMILES string of the molecule is CC1CCC(C2CCC(CCC=C(F)F)CC2)CC1. The summed E-state index contributed by atoms with van der Waals surface area (Å²) in [6.07, 6.45) is 12.1. The van der Waals surface area contributed by atoms with Gasteiger partial charge in [-0.3, -0.25) is 0 Å². The first-order valence-electron chi connectivity index (χ1n) is 8.16. The summed E-state index contributed by atoms with van der Waals surface area (Å²) >= 11 is 0. The van der Waals surface area contributed by atoms with E-state index in [1.165, 1.54) is 51.4 Å². The van der Waals surface area contributed by atoms with Crippen LogP contribution in [0.15, 0.2) is 12.2 Å². The zero-order valence-electron chi connectivity index (χ0n) is 12.2. The highest BCUT2D eigenvalue weighted by Crippen LogP contribution is 2.42. The number of rotatable bonds is 4. The number of hydrogen-bond donors (Lipinski definition) is 0. The van der Waals surface area contributed by atoms with Gasteiger partial charge in [-0.05, 0) is 68.3 Å². The average molecular weight is 270 g/mol. The molecule has 0 aromatic rings. The van der Waals surface area contributed by atoms with Gasteiger partial charge in [-0.1, -0.05) is 32.6 Å². The fourth-order valence-corrected chi connectivity index (χ4v) is 4.13. The molecule has 0 nitrogen and oxygen atoms in total. The molecule has 0 aromatic carbocycles. The third kappa shape index (κ3) is 4.89. The van der Waals surface area contributed by atoms with E-state index in [4.69, 9.17) is 0 Å². The quantitative estimate of drug-likeness (QED) is 0.572. The molecule has 2 aliphatic rings. The minimum absolute atomic E-state index is 0.568. The van der Waals surface area contributed by atoms with Crippen LogP contribution < -0.4 is 0 Å². The van der Waals surface area contributed by atoms with Gasteiger partial charge in [0.25, 0.3) is 6.08 Å². The normalized spacial score (nSPS) is 35.9. The lowest BCUT2D eigenvalue weighted by Crippen LogP contribution is -2.25. The Balaban J connectivity index is 1.66. The smallest absolute Gasteiger partial charge is 0.174 e. The van der Waals surface area contributed by atoms with Crippen LogP contribution in [0.5, 0.6) is 0 Å². The van der Waals surface area contributed by atoms with Gasteiger partial charge in [0, 0.05) is 0 Å². The maximum absolute atomic E-state index is 12.0. The third-order valence-electron chi connectivity index (χ3n) is 5.49. The van der Waals surface area contributed by atoms with Crippen molar-refractivity contribution in [3.05, 3.63) is 12.2 Å². The molecule has 0 bridgehead atoms. The lowest BCUT2D eigenvalue weighted by Gasteiger charge is -2.37. The molecule has 0 aromatic heterocycles. The van der Waals surface area contributed by atoms with Crippen molar-refractivity contribution in [2.45, 2.75) is 71.1 Å². The molecule has 0 heterocycles. The van der Waals surface area contributed by atoms with Gasteiger partial charge in [0.05, 0.1) is 0 Å². The molecule has 0 spiro atoms. The van der Waals surface area contributed by atoms with Crippen LogP contribution in [0.2, 0.25) is 0 Å². The van der Waals surface area contributed by atoms with Crippen LogP contribution >= 0.6 is 0 Å². The molecule has 2 saturated carbocycles. The van der Waals surface area contributed by atoms with Crippen LogP contribution in [0.3, 0.4) is 0 Å². The van der Waals surface area contributed by atoms with E-state index in [1.54, 1.807) is 0 Å². The number of allylic oxidation sites excluding steroid dienone is 1. The third-order valence-corrected chi connectivity index (χ3v) is 5.49. The fourth-order valence-electron chi connectivity index (χ4n) is 4.13. The Labute approximate surface area is 116 Å². The fraction of sp³-hybridized carbons (Fsp3) is 0.882. The van der Waals surface area contributed by atoms with E-state index < -0.39 is 6.08 Å². The molecule has 110 valence electrons. The number of halogens is 2. The van der Waals surface area contributed by atoms with Crippen LogP contribution in [0.25, 0.3) is 0 Å². The Kier molecular flexibility index (Phi) is 5.84. The average Bonchev–Trinajstić information content (AvgIpc) is 2.40. The van der Waals surface area contributed by atoms with Crippen molar-refractivity contribution in [3.63, 3.8) is 0 Å². The molecule has 2 fully saturated rings. The first-order chi connectivity index (χ1) is 9.15. The number of hydrogen-bond acceptors (Lipinski definition) is 0. The molecular formula is C17H28F2. The summed E-state index contributed by atoms with van der Waals surface area (Å²) in [5, 5.41) is 0. The van der Waals surface area contributed by atoms with E-state index >= 15 is 0 Å². The van der Waals surface area contributed by atoms with Gasteiger partial charge in [-0.2, -0.15) is 8.78 Å². The Bertz CT molecular complexity index is 278. The van der Waals surface area contributed by atoms with Gasteiger partial charge in [0.1, 0.15) is 0 Å². The molecule has 2 aliphatic carbocycles. The topological polar surface area (TPSA) is 0 Å². The Hall–Kier alpha value is -0.400. The molecule has 0 N–H and O–H groups in total. The van der Waals surface area contributed by atoms with E-state index in [9.17, 15) is 8.78 Å². The maximum Gasteiger partial charge on any atom is 0.266 e. The van der Waals surface area contributed by atoms with Gasteiger partial charge in [-0.15, -0.1) is 0 Å². The first kappa shape index (κ1) is 15.0. The molecule has 0 aliphatic heterocycles. The lowest BCUT2D eigenvalue weighted by molar-refractivity contribution is 0.148. The first-order valence-corrected chi connectivity index (χ1v) is 8.16. The Morgan fingerprint density at radius 1 is 0.895 bits per heavy atom.